The number of carbonyl (C=O) groups is 3. The number of aliphatic hydroxyl groups excluding tert-OH is 1. The van der Waals surface area contributed by atoms with Crippen LogP contribution in [0, 0.1) is 27.7 Å². The lowest BCUT2D eigenvalue weighted by Gasteiger charge is -2.21. The van der Waals surface area contributed by atoms with Crippen molar-refractivity contribution >= 4 is 39.9 Å². The van der Waals surface area contributed by atoms with Crippen molar-refractivity contribution in [3.05, 3.63) is 74.7 Å². The van der Waals surface area contributed by atoms with Gasteiger partial charge in [0.05, 0.1) is 17.9 Å². The lowest BCUT2D eigenvalue weighted by molar-refractivity contribution is -0.132. The molecular weight excluding hydrogens is 456 g/mol. The summed E-state index contributed by atoms with van der Waals surface area (Å²) >= 11 is 0.952. The number of benzene rings is 1. The van der Waals surface area contributed by atoms with E-state index >= 15 is 0 Å². The minimum atomic E-state index is -1.05. The number of carbonyl (C=O) groups excluding carboxylic acids is 3. The fraction of sp³-hybridized carbons (Fsp3) is 0.280. The Balaban J connectivity index is 1.93. The van der Waals surface area contributed by atoms with Gasteiger partial charge in [0.25, 0.3) is 5.78 Å². The summed E-state index contributed by atoms with van der Waals surface area (Å²) in [4.78, 5) is 44.6. The standard InChI is InChI=1S/C25H24N2O6S/c1-6-32-24(31)22-15(5)26-25(34-22)27-19(17-10-9-14(4)33-17)18(21(29)23(27)30)20(28)16-11-12(2)7-8-13(16)3/h7-11,19,28H,6H2,1-5H3/b20-18+. The molecule has 4 rings (SSSR count). The highest BCUT2D eigenvalue weighted by Crippen LogP contribution is 2.44. The number of esters is 1. The van der Waals surface area contributed by atoms with E-state index < -0.39 is 23.7 Å². The van der Waals surface area contributed by atoms with Crippen molar-refractivity contribution in [2.75, 3.05) is 11.5 Å². The third-order valence-corrected chi connectivity index (χ3v) is 6.71. The fourth-order valence-corrected chi connectivity index (χ4v) is 4.89. The summed E-state index contributed by atoms with van der Waals surface area (Å²) in [5.74, 6) is -1.69. The second-order valence-electron chi connectivity index (χ2n) is 8.07. The smallest absolute Gasteiger partial charge is 0.350 e. The van der Waals surface area contributed by atoms with E-state index in [1.807, 2.05) is 26.0 Å². The van der Waals surface area contributed by atoms with Crippen molar-refractivity contribution in [1.82, 2.24) is 4.98 Å². The number of aromatic nitrogens is 1. The Morgan fingerprint density at radius 1 is 1.18 bits per heavy atom. The van der Waals surface area contributed by atoms with Gasteiger partial charge in [0, 0.05) is 5.56 Å². The van der Waals surface area contributed by atoms with Gasteiger partial charge in [-0.25, -0.2) is 9.78 Å². The first-order valence-corrected chi connectivity index (χ1v) is 11.5. The molecule has 176 valence electrons. The highest BCUT2D eigenvalue weighted by atomic mass is 32.1. The van der Waals surface area contributed by atoms with Crippen molar-refractivity contribution in [3.8, 4) is 0 Å². The maximum atomic E-state index is 13.3. The van der Waals surface area contributed by atoms with E-state index in [0.29, 0.717) is 22.8 Å². The molecule has 0 aliphatic carbocycles. The molecule has 1 amide bonds. The molecule has 0 bridgehead atoms. The SMILES string of the molecule is CCOC(=O)c1sc(N2C(=O)C(=O)/C(=C(/O)c3cc(C)ccc3C)C2c2ccc(C)o2)nc1C. The molecule has 9 heteroatoms. The number of aryl methyl sites for hydroxylation is 4. The minimum Gasteiger partial charge on any atom is -0.507 e. The van der Waals surface area contributed by atoms with Crippen LogP contribution in [0.5, 0.6) is 0 Å². The van der Waals surface area contributed by atoms with Gasteiger partial charge in [0.1, 0.15) is 28.2 Å². The van der Waals surface area contributed by atoms with Crippen LogP contribution in [-0.2, 0) is 14.3 Å². The zero-order valence-electron chi connectivity index (χ0n) is 19.5. The largest absolute Gasteiger partial charge is 0.507 e. The molecule has 1 aromatic carbocycles. The molecular formula is C25H24N2O6S. The maximum absolute atomic E-state index is 13.3. The third kappa shape index (κ3) is 3.92. The molecule has 1 unspecified atom stereocenters. The van der Waals surface area contributed by atoms with E-state index in [1.165, 1.54) is 4.90 Å². The zero-order valence-corrected chi connectivity index (χ0v) is 20.3. The Bertz CT molecular complexity index is 1350. The number of ketones is 1. The lowest BCUT2D eigenvalue weighted by Crippen LogP contribution is -2.29. The van der Waals surface area contributed by atoms with Crippen LogP contribution in [0.1, 0.15) is 56.5 Å². The predicted octanol–water partition coefficient (Wildman–Crippen LogP) is 4.77. The fourth-order valence-electron chi connectivity index (χ4n) is 3.91. The molecule has 3 aromatic rings. The molecule has 0 spiro atoms. The Morgan fingerprint density at radius 2 is 1.91 bits per heavy atom. The highest BCUT2D eigenvalue weighted by Gasteiger charge is 2.50. The van der Waals surface area contributed by atoms with Gasteiger partial charge < -0.3 is 14.3 Å². The van der Waals surface area contributed by atoms with Gasteiger partial charge in [0.15, 0.2) is 5.13 Å². The number of Topliss-reactive ketones (excluding diaryl/α,β-unsaturated/α-hetero) is 1. The van der Waals surface area contributed by atoms with E-state index in [0.717, 1.165) is 22.5 Å². The van der Waals surface area contributed by atoms with Crippen molar-refractivity contribution in [2.45, 2.75) is 40.7 Å². The van der Waals surface area contributed by atoms with E-state index in [4.69, 9.17) is 9.15 Å². The number of rotatable bonds is 5. The maximum Gasteiger partial charge on any atom is 0.350 e. The van der Waals surface area contributed by atoms with Gasteiger partial charge >= 0.3 is 11.9 Å². The van der Waals surface area contributed by atoms with E-state index in [-0.39, 0.29) is 27.9 Å². The Labute approximate surface area is 200 Å². The summed E-state index contributed by atoms with van der Waals surface area (Å²) in [6.45, 7) is 8.94. The highest BCUT2D eigenvalue weighted by molar-refractivity contribution is 7.17. The molecule has 2 aromatic heterocycles. The number of hydrogen-bond donors (Lipinski definition) is 1. The molecule has 1 N–H and O–H groups in total. The van der Waals surface area contributed by atoms with Gasteiger partial charge in [-0.1, -0.05) is 29.0 Å². The molecule has 1 fully saturated rings. The molecule has 1 aliphatic rings. The van der Waals surface area contributed by atoms with Crippen LogP contribution in [0.4, 0.5) is 5.13 Å². The second-order valence-corrected chi connectivity index (χ2v) is 9.04. The summed E-state index contributed by atoms with van der Waals surface area (Å²) in [6.07, 6.45) is 0. The average molecular weight is 481 g/mol. The van der Waals surface area contributed by atoms with Gasteiger partial charge in [-0.3, -0.25) is 14.5 Å². The van der Waals surface area contributed by atoms with Crippen LogP contribution >= 0.6 is 11.3 Å². The molecule has 1 atom stereocenters. The Kier molecular flexibility index (Phi) is 6.14. The van der Waals surface area contributed by atoms with Crippen LogP contribution in [0.3, 0.4) is 0 Å². The summed E-state index contributed by atoms with van der Waals surface area (Å²) in [5.41, 5.74) is 2.37. The normalized spacial score (nSPS) is 17.4. The van der Waals surface area contributed by atoms with E-state index in [9.17, 15) is 19.5 Å². The number of aliphatic hydroxyl groups is 1. The number of ether oxygens (including phenoxy) is 1. The first-order chi connectivity index (χ1) is 16.1. The van der Waals surface area contributed by atoms with E-state index in [2.05, 4.69) is 4.98 Å². The van der Waals surface area contributed by atoms with Crippen molar-refractivity contribution < 1.29 is 28.6 Å². The number of anilines is 1. The molecule has 34 heavy (non-hydrogen) atoms. The van der Waals surface area contributed by atoms with Crippen molar-refractivity contribution in [2.24, 2.45) is 0 Å². The van der Waals surface area contributed by atoms with Crippen molar-refractivity contribution in [3.63, 3.8) is 0 Å². The summed E-state index contributed by atoms with van der Waals surface area (Å²) < 4.78 is 10.9. The number of nitrogens with zero attached hydrogens (tertiary/aromatic N) is 2. The molecule has 0 radical (unpaired) electrons. The number of thiazole rings is 1. The number of amides is 1. The quantitative estimate of drug-likeness (QED) is 0.242. The van der Waals surface area contributed by atoms with Gasteiger partial charge in [-0.05, 0) is 58.4 Å². The third-order valence-electron chi connectivity index (χ3n) is 5.58. The monoisotopic (exact) mass is 480 g/mol. The van der Waals surface area contributed by atoms with Gasteiger partial charge in [0.2, 0.25) is 0 Å². The minimum absolute atomic E-state index is 0.0985. The lowest BCUT2D eigenvalue weighted by atomic mass is 9.96. The van der Waals surface area contributed by atoms with Gasteiger partial charge in [-0.2, -0.15) is 0 Å². The molecule has 1 aliphatic heterocycles. The summed E-state index contributed by atoms with van der Waals surface area (Å²) in [5, 5.41) is 11.4. The molecule has 1 saturated heterocycles. The van der Waals surface area contributed by atoms with Crippen LogP contribution in [0.2, 0.25) is 0 Å². The first kappa shape index (κ1) is 23.4. The van der Waals surface area contributed by atoms with Crippen LogP contribution in [-0.4, -0.2) is 34.4 Å². The molecule has 3 heterocycles. The van der Waals surface area contributed by atoms with Gasteiger partial charge in [-0.15, -0.1) is 0 Å². The van der Waals surface area contributed by atoms with Crippen LogP contribution in [0.15, 0.2) is 40.3 Å². The number of hydrogen-bond acceptors (Lipinski definition) is 8. The summed E-state index contributed by atoms with van der Waals surface area (Å²) in [7, 11) is 0. The number of furan rings is 1. The topological polar surface area (TPSA) is 110 Å². The van der Waals surface area contributed by atoms with E-state index in [1.54, 1.807) is 39.0 Å². The predicted molar refractivity (Wildman–Crippen MR) is 127 cm³/mol. The van der Waals surface area contributed by atoms with Crippen molar-refractivity contribution in [1.29, 1.82) is 0 Å². The van der Waals surface area contributed by atoms with Crippen LogP contribution < -0.4 is 4.90 Å². The van der Waals surface area contributed by atoms with Crippen LogP contribution in [0.25, 0.3) is 5.76 Å². The second kappa shape index (κ2) is 8.90. The zero-order chi connectivity index (χ0) is 24.7. The first-order valence-electron chi connectivity index (χ1n) is 10.7. The summed E-state index contributed by atoms with van der Waals surface area (Å²) in [6, 6.07) is 7.81. The Hall–Kier alpha value is -3.72. The molecule has 8 nitrogen and oxygen atoms in total. The molecule has 0 saturated carbocycles. The average Bonchev–Trinajstić information content (AvgIpc) is 3.46. The Morgan fingerprint density at radius 3 is 2.56 bits per heavy atom.